The van der Waals surface area contributed by atoms with Crippen LogP contribution >= 0.6 is 7.82 Å². The van der Waals surface area contributed by atoms with Gasteiger partial charge in [0.05, 0.1) is 27.7 Å². The van der Waals surface area contributed by atoms with E-state index in [2.05, 4.69) is 26.0 Å². The Morgan fingerprint density at radius 1 is 0.577 bits per heavy atom. The highest BCUT2D eigenvalue weighted by Gasteiger charge is 2.21. The van der Waals surface area contributed by atoms with Gasteiger partial charge in [-0.3, -0.25) is 14.2 Å². The lowest BCUT2D eigenvalue weighted by Crippen LogP contribution is -2.37. The largest absolute Gasteiger partial charge is 0.756 e. The molecule has 0 saturated heterocycles. The molecule has 0 spiro atoms. The zero-order valence-electron chi connectivity index (χ0n) is 34.5. The third kappa shape index (κ3) is 38.5. The van der Waals surface area contributed by atoms with Crippen molar-refractivity contribution in [3.63, 3.8) is 0 Å². The van der Waals surface area contributed by atoms with Crippen molar-refractivity contribution >= 4 is 19.8 Å². The van der Waals surface area contributed by atoms with Crippen LogP contribution in [0.25, 0.3) is 0 Å². The minimum absolute atomic E-state index is 0.0294. The fourth-order valence-corrected chi connectivity index (χ4v) is 6.61. The van der Waals surface area contributed by atoms with Crippen LogP contribution < -0.4 is 4.89 Å². The van der Waals surface area contributed by atoms with Crippen LogP contribution in [-0.2, 0) is 32.7 Å². The van der Waals surface area contributed by atoms with E-state index < -0.39 is 26.5 Å². The van der Waals surface area contributed by atoms with Crippen molar-refractivity contribution in [2.24, 2.45) is 0 Å². The quantitative estimate of drug-likeness (QED) is 0.0152. The van der Waals surface area contributed by atoms with E-state index in [9.17, 15) is 19.0 Å². The minimum atomic E-state index is -4.62. The molecule has 0 N–H and O–H groups in total. The predicted molar refractivity (Wildman–Crippen MR) is 213 cm³/mol. The van der Waals surface area contributed by atoms with Crippen LogP contribution in [0.1, 0.15) is 194 Å². The highest BCUT2D eigenvalue weighted by atomic mass is 31.2. The van der Waals surface area contributed by atoms with Crippen molar-refractivity contribution in [1.82, 2.24) is 0 Å². The molecule has 52 heavy (non-hydrogen) atoms. The summed E-state index contributed by atoms with van der Waals surface area (Å²) in [5.41, 5.74) is 0. The molecule has 0 aromatic heterocycles. The van der Waals surface area contributed by atoms with Gasteiger partial charge in [0.2, 0.25) is 0 Å². The SMILES string of the molecule is CCCCCCCC/C=C\CCCCCCCC(=O)OC(CO[13C](=O)[13CH2][13CH2][13CH2][13CH2][13CH2][13CH2][13CH2][13CH2][13CH2][13CH2][13CH2][13CH2][13CH2][13CH2][13CH3])COP(=O)([O-])OCC[N+](C)(C)C. The Labute approximate surface area is 320 Å². The zero-order chi connectivity index (χ0) is 38.6. The average molecular weight is 776 g/mol. The van der Waals surface area contributed by atoms with Gasteiger partial charge in [-0.2, -0.15) is 0 Å². The van der Waals surface area contributed by atoms with Gasteiger partial charge in [0.1, 0.15) is 19.8 Å². The predicted octanol–water partition coefficient (Wildman–Crippen LogP) is 11.2. The Morgan fingerprint density at radius 2 is 0.981 bits per heavy atom. The number of esters is 2. The zero-order valence-corrected chi connectivity index (χ0v) is 35.4. The molecule has 0 aliphatic heterocycles. The summed E-state index contributed by atoms with van der Waals surface area (Å²) in [6.45, 7) is 4.22. The van der Waals surface area contributed by atoms with Crippen LogP contribution in [0.15, 0.2) is 12.2 Å². The van der Waals surface area contributed by atoms with E-state index in [4.69, 9.17) is 18.5 Å². The summed E-state index contributed by atoms with van der Waals surface area (Å²) in [4.78, 5) is 37.4. The number of unbranched alkanes of at least 4 members (excludes halogenated alkanes) is 23. The number of allylic oxidation sites excluding steroid dienone is 2. The van der Waals surface area contributed by atoms with Crippen molar-refractivity contribution < 1.29 is 42.1 Å². The molecular weight excluding hydrogens is 693 g/mol. The molecule has 0 saturated carbocycles. The molecular formula is C42H82NO8P. The maximum absolute atomic E-state index is 12.6. The third-order valence-electron chi connectivity index (χ3n) is 9.29. The average Bonchev–Trinajstić information content (AvgIpc) is 3.09. The molecule has 10 heteroatoms. The fourth-order valence-electron chi connectivity index (χ4n) is 5.88. The summed E-state index contributed by atoms with van der Waals surface area (Å²) in [5.74, 6) is -0.837. The number of phosphoric ester groups is 1. The first kappa shape index (κ1) is 50.8. The van der Waals surface area contributed by atoms with Crippen molar-refractivity contribution in [1.29, 1.82) is 0 Å². The van der Waals surface area contributed by atoms with E-state index in [1.165, 1.54) is 109 Å². The van der Waals surface area contributed by atoms with Gasteiger partial charge in [0.25, 0.3) is 7.82 Å². The van der Waals surface area contributed by atoms with E-state index in [1.54, 1.807) is 0 Å². The van der Waals surface area contributed by atoms with Crippen molar-refractivity contribution in [2.75, 3.05) is 47.5 Å². The van der Waals surface area contributed by atoms with E-state index in [0.29, 0.717) is 17.4 Å². The van der Waals surface area contributed by atoms with E-state index in [-0.39, 0.29) is 32.0 Å². The Balaban J connectivity index is 4.37. The Hall–Kier alpha value is -1.25. The number of hydrogen-bond donors (Lipinski definition) is 0. The lowest BCUT2D eigenvalue weighted by Gasteiger charge is -2.28. The van der Waals surface area contributed by atoms with Gasteiger partial charge in [0.15, 0.2) is 6.10 Å². The number of likely N-dealkylation sites (N-methyl/N-ethyl adjacent to an activating group) is 1. The van der Waals surface area contributed by atoms with Crippen LogP contribution in [0.3, 0.4) is 0 Å². The van der Waals surface area contributed by atoms with Gasteiger partial charge in [-0.25, -0.2) is 0 Å². The first-order valence-electron chi connectivity index (χ1n) is 21.4. The Kier molecular flexibility index (Phi) is 34.6. The smallest absolute Gasteiger partial charge is 0.306 e. The highest BCUT2D eigenvalue weighted by Crippen LogP contribution is 2.38. The molecule has 0 aliphatic rings. The number of carbonyl (C=O) groups excluding carboxylic acids is 2. The normalized spacial score (nSPS) is 13.7. The van der Waals surface area contributed by atoms with Crippen molar-refractivity contribution in [3.8, 4) is 0 Å². The van der Waals surface area contributed by atoms with Gasteiger partial charge in [-0.1, -0.05) is 154 Å². The summed E-state index contributed by atoms with van der Waals surface area (Å²) >= 11 is 0. The van der Waals surface area contributed by atoms with Crippen LogP contribution in [0, 0.1) is 0 Å². The van der Waals surface area contributed by atoms with E-state index >= 15 is 0 Å². The third-order valence-corrected chi connectivity index (χ3v) is 10.2. The van der Waals surface area contributed by atoms with Crippen molar-refractivity contribution in [3.05, 3.63) is 12.2 Å². The van der Waals surface area contributed by atoms with Gasteiger partial charge < -0.3 is 27.9 Å². The second kappa shape index (κ2) is 35.5. The van der Waals surface area contributed by atoms with Crippen LogP contribution in [0.5, 0.6) is 0 Å². The monoisotopic (exact) mass is 776 g/mol. The fraction of sp³-hybridized carbons (Fsp3) is 0.905. The first-order chi connectivity index (χ1) is 25.0. The molecule has 0 radical (unpaired) electrons. The summed E-state index contributed by atoms with van der Waals surface area (Å²) in [5, 5.41) is 0. The van der Waals surface area contributed by atoms with Crippen LogP contribution in [0.4, 0.5) is 0 Å². The highest BCUT2D eigenvalue weighted by molar-refractivity contribution is 7.45. The number of ether oxygens (including phenoxy) is 2. The number of carbonyl (C=O) groups is 2. The molecule has 0 rings (SSSR count). The Morgan fingerprint density at radius 3 is 1.42 bits per heavy atom. The number of phosphoric acid groups is 1. The maximum Gasteiger partial charge on any atom is 0.306 e. The standard InChI is InChI=1S/C42H82NO8P/c1-6-8-10-12-14-16-18-20-21-23-25-27-29-31-33-35-42(45)51-40(39-50-52(46,47)49-37-36-43(3,4)5)38-48-41(44)34-32-30-28-26-24-22-19-17-15-13-11-9-7-2/h20-21,40H,6-19,22-39H2,1-5H3/b21-20-/i2+1,7+1,9+1,11+1,13+1,15+1,17+1,19+1,22+1,24+1,26+1,28+1,30+1,32+1,34+1,41+1. The maximum atomic E-state index is 12.6. The first-order valence-corrected chi connectivity index (χ1v) is 22.9. The van der Waals surface area contributed by atoms with Gasteiger partial charge in [-0.05, 0) is 38.5 Å². The van der Waals surface area contributed by atoms with Crippen LogP contribution in [-0.4, -0.2) is 70.0 Å². The minimum Gasteiger partial charge on any atom is -0.756 e. The van der Waals surface area contributed by atoms with E-state index in [1.807, 2.05) is 21.1 Å². The number of rotatable bonds is 39. The number of nitrogens with zero attached hydrogens (tertiary/aromatic N) is 1. The molecule has 9 nitrogen and oxygen atoms in total. The van der Waals surface area contributed by atoms with Crippen LogP contribution in [0.2, 0.25) is 0 Å². The lowest BCUT2D eigenvalue weighted by atomic mass is 10.1. The molecule has 0 aromatic rings. The summed E-state index contributed by atoms with van der Waals surface area (Å²) in [6.07, 6.45) is 35.1. The van der Waals surface area contributed by atoms with Gasteiger partial charge >= 0.3 is 11.9 Å². The number of hydrogen-bond acceptors (Lipinski definition) is 8. The second-order valence-corrected chi connectivity index (χ2v) is 17.1. The molecule has 2 atom stereocenters. The molecule has 0 bridgehead atoms. The molecule has 0 aliphatic carbocycles. The number of quaternary nitrogens is 1. The summed E-state index contributed by atoms with van der Waals surface area (Å²) in [6, 6.07) is 0. The van der Waals surface area contributed by atoms with Crippen molar-refractivity contribution in [2.45, 2.75) is 200 Å². The van der Waals surface area contributed by atoms with E-state index in [0.717, 1.165) is 51.4 Å². The summed E-state index contributed by atoms with van der Waals surface area (Å²) < 4.78 is 33.8. The van der Waals surface area contributed by atoms with Gasteiger partial charge in [-0.15, -0.1) is 0 Å². The molecule has 0 heterocycles. The Bertz CT molecular complexity index is 907. The molecule has 0 fully saturated rings. The molecule has 0 amide bonds. The lowest BCUT2D eigenvalue weighted by molar-refractivity contribution is -0.870. The van der Waals surface area contributed by atoms with Gasteiger partial charge in [0, 0.05) is 12.8 Å². The molecule has 2 unspecified atom stereocenters. The molecule has 308 valence electrons. The molecule has 0 aromatic carbocycles. The summed E-state index contributed by atoms with van der Waals surface area (Å²) in [7, 11) is 1.17. The second-order valence-electron chi connectivity index (χ2n) is 15.7. The topological polar surface area (TPSA) is 111 Å².